The van der Waals surface area contributed by atoms with Gasteiger partial charge in [-0.25, -0.2) is 0 Å². The average molecular weight is 276 g/mol. The zero-order valence-corrected chi connectivity index (χ0v) is 10.1. The van der Waals surface area contributed by atoms with E-state index in [1.165, 1.54) is 0 Å². The van der Waals surface area contributed by atoms with Gasteiger partial charge in [0.15, 0.2) is 0 Å². The van der Waals surface area contributed by atoms with Gasteiger partial charge in [0.1, 0.15) is 6.29 Å². The number of hydrogen-bond acceptors (Lipinski definition) is 2. The Kier molecular flexibility index (Phi) is 3.47. The molecule has 1 atom stereocenters. The number of aromatic nitrogens is 1. The van der Waals surface area contributed by atoms with Crippen molar-refractivity contribution in [3.63, 3.8) is 0 Å². The van der Waals surface area contributed by atoms with Crippen LogP contribution >= 0.6 is 15.9 Å². The number of rotatable bonds is 3. The van der Waals surface area contributed by atoms with Crippen LogP contribution in [-0.4, -0.2) is 11.3 Å². The van der Waals surface area contributed by atoms with Crippen molar-refractivity contribution in [1.82, 2.24) is 4.98 Å². The first kappa shape index (κ1) is 11.0. The summed E-state index contributed by atoms with van der Waals surface area (Å²) in [6.07, 6.45) is 4.36. The smallest absolute Gasteiger partial charge is 0.131 e. The number of benzene rings is 1. The van der Waals surface area contributed by atoms with Crippen LogP contribution in [0.2, 0.25) is 0 Å². The minimum Gasteiger partial charge on any atom is -0.302 e. The Balaban J connectivity index is 2.45. The van der Waals surface area contributed by atoms with Crippen molar-refractivity contribution < 1.29 is 4.79 Å². The Labute approximate surface area is 102 Å². The molecule has 1 heterocycles. The molecule has 0 bridgehead atoms. The molecule has 0 N–H and O–H groups in total. The predicted molar refractivity (Wildman–Crippen MR) is 66.3 cm³/mol. The van der Waals surface area contributed by atoms with Gasteiger partial charge in [-0.2, -0.15) is 0 Å². The second-order valence-corrected chi connectivity index (χ2v) is 4.28. The van der Waals surface area contributed by atoms with Crippen molar-refractivity contribution in [3.05, 3.63) is 64.4 Å². The lowest BCUT2D eigenvalue weighted by molar-refractivity contribution is -0.108. The van der Waals surface area contributed by atoms with Crippen molar-refractivity contribution in [2.75, 3.05) is 0 Å². The molecule has 16 heavy (non-hydrogen) atoms. The van der Waals surface area contributed by atoms with Crippen molar-refractivity contribution in [2.24, 2.45) is 0 Å². The highest BCUT2D eigenvalue weighted by Gasteiger charge is 2.15. The molecular weight excluding hydrogens is 266 g/mol. The van der Waals surface area contributed by atoms with E-state index in [1.807, 2.05) is 36.4 Å². The Hall–Kier alpha value is -1.48. The maximum atomic E-state index is 11.2. The molecule has 0 aliphatic rings. The number of aldehydes is 1. The lowest BCUT2D eigenvalue weighted by Crippen LogP contribution is -2.03. The van der Waals surface area contributed by atoms with Crippen LogP contribution in [0.5, 0.6) is 0 Å². The molecule has 2 aromatic rings. The Morgan fingerprint density at radius 1 is 1.19 bits per heavy atom. The molecule has 0 fully saturated rings. The van der Waals surface area contributed by atoms with Gasteiger partial charge in [0, 0.05) is 16.9 Å². The lowest BCUT2D eigenvalue weighted by atomic mass is 9.94. The van der Waals surface area contributed by atoms with Crippen LogP contribution in [0, 0.1) is 0 Å². The van der Waals surface area contributed by atoms with E-state index in [2.05, 4.69) is 20.9 Å². The van der Waals surface area contributed by atoms with Gasteiger partial charge in [-0.15, -0.1) is 0 Å². The molecule has 0 aliphatic heterocycles. The Morgan fingerprint density at radius 2 is 2.00 bits per heavy atom. The number of nitrogens with zero attached hydrogens (tertiary/aromatic N) is 1. The third-order valence-corrected chi connectivity index (χ3v) is 3.14. The summed E-state index contributed by atoms with van der Waals surface area (Å²) < 4.78 is 0.941. The highest BCUT2D eigenvalue weighted by Crippen LogP contribution is 2.28. The van der Waals surface area contributed by atoms with Crippen LogP contribution in [0.15, 0.2) is 53.3 Å². The predicted octanol–water partition coefficient (Wildman–Crippen LogP) is 3.17. The van der Waals surface area contributed by atoms with Crippen molar-refractivity contribution in [3.8, 4) is 0 Å². The molecule has 1 aromatic carbocycles. The second-order valence-electron chi connectivity index (χ2n) is 3.42. The van der Waals surface area contributed by atoms with Gasteiger partial charge in [-0.3, -0.25) is 4.98 Å². The summed E-state index contributed by atoms with van der Waals surface area (Å²) >= 11 is 3.46. The summed E-state index contributed by atoms with van der Waals surface area (Å²) in [6.45, 7) is 0. The Bertz CT molecular complexity index is 484. The monoisotopic (exact) mass is 275 g/mol. The topological polar surface area (TPSA) is 30.0 Å². The van der Waals surface area contributed by atoms with Crippen LogP contribution < -0.4 is 0 Å². The number of carbonyl (C=O) groups is 1. The first-order chi connectivity index (χ1) is 7.83. The lowest BCUT2D eigenvalue weighted by Gasteiger charge is -2.12. The fourth-order valence-corrected chi connectivity index (χ4v) is 2.15. The molecule has 2 nitrogen and oxygen atoms in total. The molecule has 0 saturated carbocycles. The number of halogens is 1. The molecule has 0 aliphatic carbocycles. The summed E-state index contributed by atoms with van der Waals surface area (Å²) in [5.41, 5.74) is 1.87. The van der Waals surface area contributed by atoms with E-state index in [4.69, 9.17) is 0 Å². The zero-order valence-electron chi connectivity index (χ0n) is 8.51. The maximum Gasteiger partial charge on any atom is 0.131 e. The van der Waals surface area contributed by atoms with E-state index >= 15 is 0 Å². The molecule has 0 saturated heterocycles. The largest absolute Gasteiger partial charge is 0.302 e. The summed E-state index contributed by atoms with van der Waals surface area (Å²) in [5, 5.41) is 0. The van der Waals surface area contributed by atoms with E-state index in [9.17, 15) is 4.79 Å². The first-order valence-corrected chi connectivity index (χ1v) is 5.72. The quantitative estimate of drug-likeness (QED) is 0.806. The van der Waals surface area contributed by atoms with Crippen molar-refractivity contribution in [1.29, 1.82) is 0 Å². The fraction of sp³-hybridized carbons (Fsp3) is 0.0769. The van der Waals surface area contributed by atoms with Crippen LogP contribution in [0.1, 0.15) is 17.0 Å². The van der Waals surface area contributed by atoms with Crippen molar-refractivity contribution in [2.45, 2.75) is 5.92 Å². The van der Waals surface area contributed by atoms with Gasteiger partial charge in [0.05, 0.1) is 5.92 Å². The first-order valence-electron chi connectivity index (χ1n) is 4.92. The minimum atomic E-state index is -0.260. The average Bonchev–Trinajstić information content (AvgIpc) is 2.34. The van der Waals surface area contributed by atoms with Crippen molar-refractivity contribution >= 4 is 22.2 Å². The summed E-state index contributed by atoms with van der Waals surface area (Å²) in [5.74, 6) is -0.260. The third kappa shape index (κ3) is 2.19. The minimum absolute atomic E-state index is 0.260. The second kappa shape index (κ2) is 5.03. The zero-order chi connectivity index (χ0) is 11.4. The number of pyridine rings is 1. The molecule has 1 aromatic heterocycles. The Morgan fingerprint density at radius 3 is 2.62 bits per heavy atom. The molecule has 0 spiro atoms. The van der Waals surface area contributed by atoms with Crippen LogP contribution in [0.4, 0.5) is 0 Å². The molecule has 0 radical (unpaired) electrons. The standard InChI is InChI=1S/C13H10BrNO/c14-13-6-2-1-5-11(13)12(9-16)10-4-3-7-15-8-10/h1-9,12H. The molecule has 80 valence electrons. The van der Waals surface area contributed by atoms with Crippen LogP contribution in [-0.2, 0) is 4.79 Å². The maximum absolute atomic E-state index is 11.2. The molecule has 1 unspecified atom stereocenters. The van der Waals surface area contributed by atoms with Gasteiger partial charge in [0.25, 0.3) is 0 Å². The SMILES string of the molecule is O=CC(c1cccnc1)c1ccccc1Br. The van der Waals surface area contributed by atoms with E-state index < -0.39 is 0 Å². The summed E-state index contributed by atoms with van der Waals surface area (Å²) in [7, 11) is 0. The number of hydrogen-bond donors (Lipinski definition) is 0. The van der Waals surface area contributed by atoms with Crippen LogP contribution in [0.25, 0.3) is 0 Å². The highest BCUT2D eigenvalue weighted by molar-refractivity contribution is 9.10. The number of carbonyl (C=O) groups excluding carboxylic acids is 1. The molecule has 0 amide bonds. The highest BCUT2D eigenvalue weighted by atomic mass is 79.9. The van der Waals surface area contributed by atoms with Gasteiger partial charge < -0.3 is 4.79 Å². The van der Waals surface area contributed by atoms with Gasteiger partial charge >= 0.3 is 0 Å². The van der Waals surface area contributed by atoms with E-state index in [0.29, 0.717) is 0 Å². The van der Waals surface area contributed by atoms with Gasteiger partial charge in [-0.1, -0.05) is 40.2 Å². The molecule has 2 rings (SSSR count). The fourth-order valence-electron chi connectivity index (χ4n) is 1.62. The molecular formula is C13H10BrNO. The summed E-state index contributed by atoms with van der Waals surface area (Å²) in [6, 6.07) is 11.5. The van der Waals surface area contributed by atoms with E-state index in [1.54, 1.807) is 12.4 Å². The van der Waals surface area contributed by atoms with Gasteiger partial charge in [0.2, 0.25) is 0 Å². The molecule has 3 heteroatoms. The van der Waals surface area contributed by atoms with Gasteiger partial charge in [-0.05, 0) is 23.3 Å². The summed E-state index contributed by atoms with van der Waals surface area (Å²) in [4.78, 5) is 15.2. The third-order valence-electron chi connectivity index (χ3n) is 2.42. The normalized spacial score (nSPS) is 12.1. The van der Waals surface area contributed by atoms with Crippen LogP contribution in [0.3, 0.4) is 0 Å². The van der Waals surface area contributed by atoms with E-state index in [0.717, 1.165) is 21.9 Å². The van der Waals surface area contributed by atoms with E-state index in [-0.39, 0.29) is 5.92 Å².